The van der Waals surface area contributed by atoms with Crippen LogP contribution in [0.5, 0.6) is 0 Å². The zero-order chi connectivity index (χ0) is 21.0. The molecule has 2 heterocycles. The summed E-state index contributed by atoms with van der Waals surface area (Å²) in [6.07, 6.45) is 1.54. The second-order valence-corrected chi connectivity index (χ2v) is 9.41. The van der Waals surface area contributed by atoms with E-state index in [1.54, 1.807) is 17.0 Å². The highest BCUT2D eigenvalue weighted by molar-refractivity contribution is 7.89. The van der Waals surface area contributed by atoms with Crippen LogP contribution in [-0.4, -0.2) is 37.9 Å². The summed E-state index contributed by atoms with van der Waals surface area (Å²) >= 11 is 7.63. The highest BCUT2D eigenvalue weighted by Crippen LogP contribution is 2.27. The molecular weight excluding hydrogens is 436 g/mol. The van der Waals surface area contributed by atoms with Gasteiger partial charge in [0.2, 0.25) is 0 Å². The van der Waals surface area contributed by atoms with Crippen LogP contribution in [0.25, 0.3) is 0 Å². The Morgan fingerprint density at radius 1 is 1.21 bits per heavy atom. The van der Waals surface area contributed by atoms with Crippen molar-refractivity contribution in [2.24, 2.45) is 0 Å². The Morgan fingerprint density at radius 3 is 2.62 bits per heavy atom. The van der Waals surface area contributed by atoms with Crippen molar-refractivity contribution in [1.29, 1.82) is 0 Å². The van der Waals surface area contributed by atoms with Gasteiger partial charge in [0.1, 0.15) is 10.7 Å². The fourth-order valence-electron chi connectivity index (χ4n) is 2.63. The van der Waals surface area contributed by atoms with Gasteiger partial charge >= 0.3 is 0 Å². The van der Waals surface area contributed by atoms with E-state index in [0.29, 0.717) is 16.8 Å². The number of nitrogens with zero attached hydrogens (tertiary/aromatic N) is 2. The number of sulfonamides is 1. The SMILES string of the molecule is CON(C)S(=O)(=O)c1cc(C(=O)N(Cc2ccco2)Cc2cccs2)ccc1Cl. The molecule has 0 spiro atoms. The lowest BCUT2D eigenvalue weighted by atomic mass is 10.2. The van der Waals surface area contributed by atoms with Crippen LogP contribution in [0, 0.1) is 0 Å². The summed E-state index contributed by atoms with van der Waals surface area (Å²) in [7, 11) is -1.53. The van der Waals surface area contributed by atoms with Crippen LogP contribution >= 0.6 is 22.9 Å². The van der Waals surface area contributed by atoms with Crippen molar-refractivity contribution in [1.82, 2.24) is 9.37 Å². The van der Waals surface area contributed by atoms with Gasteiger partial charge in [0.05, 0.1) is 31.5 Å². The van der Waals surface area contributed by atoms with Crippen LogP contribution in [-0.2, 0) is 28.0 Å². The maximum absolute atomic E-state index is 13.2. The van der Waals surface area contributed by atoms with E-state index in [-0.39, 0.29) is 27.9 Å². The van der Waals surface area contributed by atoms with Gasteiger partial charge in [0.15, 0.2) is 0 Å². The number of benzene rings is 1. The predicted octanol–water partition coefficient (Wildman–Crippen LogP) is 4.02. The van der Waals surface area contributed by atoms with Gasteiger partial charge in [-0.2, -0.15) is 0 Å². The number of carbonyl (C=O) groups is 1. The van der Waals surface area contributed by atoms with E-state index in [1.165, 1.54) is 50.0 Å². The highest BCUT2D eigenvalue weighted by Gasteiger charge is 2.26. The molecule has 0 fully saturated rings. The lowest BCUT2D eigenvalue weighted by Gasteiger charge is -2.22. The summed E-state index contributed by atoms with van der Waals surface area (Å²) in [5.74, 6) is 0.277. The Morgan fingerprint density at radius 2 is 2.00 bits per heavy atom. The number of rotatable bonds is 8. The Balaban J connectivity index is 1.95. The van der Waals surface area contributed by atoms with Gasteiger partial charge in [-0.15, -0.1) is 11.3 Å². The van der Waals surface area contributed by atoms with Crippen molar-refractivity contribution in [2.45, 2.75) is 18.0 Å². The molecule has 0 saturated carbocycles. The Hall–Kier alpha value is -2.17. The third-order valence-corrected chi connectivity index (χ3v) is 7.21. The molecule has 1 aromatic carbocycles. The van der Waals surface area contributed by atoms with Crippen molar-refractivity contribution in [3.05, 3.63) is 75.3 Å². The first-order chi connectivity index (χ1) is 13.8. The number of furan rings is 1. The summed E-state index contributed by atoms with van der Waals surface area (Å²) in [5.41, 5.74) is 0.195. The minimum atomic E-state index is -4.01. The topological polar surface area (TPSA) is 80.1 Å². The van der Waals surface area contributed by atoms with E-state index < -0.39 is 10.0 Å². The summed E-state index contributed by atoms with van der Waals surface area (Å²) in [6, 6.07) is 11.5. The van der Waals surface area contributed by atoms with Crippen LogP contribution < -0.4 is 0 Å². The number of hydrogen-bond donors (Lipinski definition) is 0. The first kappa shape index (κ1) is 21.5. The molecule has 1 amide bonds. The molecule has 2 aromatic heterocycles. The highest BCUT2D eigenvalue weighted by atomic mass is 35.5. The van der Waals surface area contributed by atoms with E-state index in [2.05, 4.69) is 0 Å². The lowest BCUT2D eigenvalue weighted by molar-refractivity contribution is -0.0258. The molecule has 0 atom stereocenters. The fourth-order valence-corrected chi connectivity index (χ4v) is 4.83. The Labute approximate surface area is 178 Å². The van der Waals surface area contributed by atoms with Crippen molar-refractivity contribution in [3.63, 3.8) is 0 Å². The molecule has 0 saturated heterocycles. The number of carbonyl (C=O) groups excluding carboxylic acids is 1. The molecule has 7 nitrogen and oxygen atoms in total. The average Bonchev–Trinajstić information content (AvgIpc) is 3.40. The zero-order valence-corrected chi connectivity index (χ0v) is 18.1. The Kier molecular flexibility index (Phi) is 6.76. The number of hydrogen-bond acceptors (Lipinski definition) is 6. The van der Waals surface area contributed by atoms with E-state index >= 15 is 0 Å². The van der Waals surface area contributed by atoms with Crippen molar-refractivity contribution < 1.29 is 22.5 Å². The summed E-state index contributed by atoms with van der Waals surface area (Å²) in [6.45, 7) is 0.603. The Bertz CT molecular complexity index is 1030. The van der Waals surface area contributed by atoms with Gasteiger partial charge in [-0.3, -0.25) is 9.63 Å². The van der Waals surface area contributed by atoms with Gasteiger partial charge in [0, 0.05) is 17.5 Å². The normalized spacial score (nSPS) is 11.7. The first-order valence-corrected chi connectivity index (χ1v) is 11.2. The molecule has 10 heteroatoms. The van der Waals surface area contributed by atoms with E-state index in [0.717, 1.165) is 4.88 Å². The van der Waals surface area contributed by atoms with Crippen molar-refractivity contribution >= 4 is 38.9 Å². The van der Waals surface area contributed by atoms with E-state index in [1.807, 2.05) is 17.5 Å². The van der Waals surface area contributed by atoms with Gasteiger partial charge in [-0.25, -0.2) is 8.42 Å². The first-order valence-electron chi connectivity index (χ1n) is 8.49. The number of hydroxylamine groups is 1. The fraction of sp³-hybridized carbons (Fsp3) is 0.211. The van der Waals surface area contributed by atoms with Crippen molar-refractivity contribution in [3.8, 4) is 0 Å². The molecule has 0 unspecified atom stereocenters. The molecule has 0 aliphatic rings. The largest absolute Gasteiger partial charge is 0.467 e. The zero-order valence-electron chi connectivity index (χ0n) is 15.7. The van der Waals surface area contributed by atoms with Crippen molar-refractivity contribution in [2.75, 3.05) is 14.2 Å². The number of thiophene rings is 1. The molecule has 154 valence electrons. The second-order valence-electron chi connectivity index (χ2n) is 6.06. The summed E-state index contributed by atoms with van der Waals surface area (Å²) < 4.78 is 31.3. The van der Waals surface area contributed by atoms with Crippen LogP contribution in [0.4, 0.5) is 0 Å². The van der Waals surface area contributed by atoms with Gasteiger partial charge < -0.3 is 9.32 Å². The van der Waals surface area contributed by atoms with Crippen LogP contribution in [0.1, 0.15) is 21.0 Å². The minimum absolute atomic E-state index is 0.00120. The third-order valence-electron chi connectivity index (χ3n) is 4.19. The predicted molar refractivity (Wildman–Crippen MR) is 110 cm³/mol. The van der Waals surface area contributed by atoms with Gasteiger partial charge in [-0.05, 0) is 41.8 Å². The standard InChI is InChI=1S/C19H19ClN2O5S2/c1-21(26-2)29(24,25)18-11-14(7-8-17(18)20)19(23)22(12-15-5-3-9-27-15)13-16-6-4-10-28-16/h3-11H,12-13H2,1-2H3. The molecule has 3 rings (SSSR count). The summed E-state index contributed by atoms with van der Waals surface area (Å²) in [5, 5.41) is 1.93. The molecule has 0 bridgehead atoms. The van der Waals surface area contributed by atoms with Gasteiger partial charge in [0.25, 0.3) is 15.9 Å². The smallest absolute Gasteiger partial charge is 0.266 e. The number of halogens is 1. The molecule has 3 aromatic rings. The van der Waals surface area contributed by atoms with Crippen LogP contribution in [0.15, 0.2) is 63.4 Å². The van der Waals surface area contributed by atoms with Crippen LogP contribution in [0.3, 0.4) is 0 Å². The van der Waals surface area contributed by atoms with E-state index in [4.69, 9.17) is 20.9 Å². The minimum Gasteiger partial charge on any atom is -0.467 e. The molecule has 0 radical (unpaired) electrons. The second kappa shape index (κ2) is 9.10. The quantitative estimate of drug-likeness (QED) is 0.480. The molecule has 0 aliphatic heterocycles. The maximum atomic E-state index is 13.2. The summed E-state index contributed by atoms with van der Waals surface area (Å²) in [4.78, 5) is 20.4. The van der Waals surface area contributed by atoms with Gasteiger partial charge in [-0.1, -0.05) is 22.1 Å². The molecule has 29 heavy (non-hydrogen) atoms. The molecule has 0 N–H and O–H groups in total. The molecular formula is C19H19ClN2O5S2. The van der Waals surface area contributed by atoms with Crippen LogP contribution in [0.2, 0.25) is 5.02 Å². The third kappa shape index (κ3) is 4.88. The maximum Gasteiger partial charge on any atom is 0.266 e. The molecule has 0 aliphatic carbocycles. The average molecular weight is 455 g/mol. The van der Waals surface area contributed by atoms with E-state index in [9.17, 15) is 13.2 Å². The monoisotopic (exact) mass is 454 g/mol. The number of amides is 1. The lowest BCUT2D eigenvalue weighted by Crippen LogP contribution is -2.30.